The van der Waals surface area contributed by atoms with E-state index in [4.69, 9.17) is 0 Å². The Morgan fingerprint density at radius 1 is 1.00 bits per heavy atom. The summed E-state index contributed by atoms with van der Waals surface area (Å²) in [5, 5.41) is 8.87. The molecule has 7 heteroatoms. The summed E-state index contributed by atoms with van der Waals surface area (Å²) < 4.78 is 0.941. The van der Waals surface area contributed by atoms with Gasteiger partial charge in [0.05, 0.1) is 10.2 Å². The summed E-state index contributed by atoms with van der Waals surface area (Å²) in [6, 6.07) is 12.7. The number of hydrogen-bond acceptors (Lipinski definition) is 4. The van der Waals surface area contributed by atoms with E-state index in [9.17, 15) is 9.59 Å². The fourth-order valence-corrected chi connectivity index (χ4v) is 3.06. The predicted octanol–water partition coefficient (Wildman–Crippen LogP) is 4.60. The zero-order chi connectivity index (χ0) is 17.8. The lowest BCUT2D eigenvalue weighted by atomic mass is 10.2. The number of fused-ring (bicyclic) bond motifs is 1. The van der Waals surface area contributed by atoms with Gasteiger partial charge in [-0.2, -0.15) is 0 Å². The molecule has 0 atom stereocenters. The molecule has 1 aromatic heterocycles. The van der Waals surface area contributed by atoms with E-state index >= 15 is 0 Å². The third-order valence-corrected chi connectivity index (χ3v) is 4.47. The molecule has 2 aromatic carbocycles. The van der Waals surface area contributed by atoms with Crippen LogP contribution in [0, 0.1) is 6.92 Å². The maximum absolute atomic E-state index is 12.1. The van der Waals surface area contributed by atoms with Crippen molar-refractivity contribution in [1.82, 2.24) is 4.98 Å². The fraction of sp³-hybridized carbons (Fsp3) is 0.167. The second-order valence-corrected chi connectivity index (χ2v) is 6.58. The van der Waals surface area contributed by atoms with Crippen LogP contribution in [0.25, 0.3) is 10.2 Å². The van der Waals surface area contributed by atoms with Gasteiger partial charge in [-0.1, -0.05) is 36.0 Å². The minimum atomic E-state index is -0.321. The minimum Gasteiger partial charge on any atom is -0.308 e. The number of nitrogens with zero attached hydrogens (tertiary/aromatic N) is 1. The van der Waals surface area contributed by atoms with Crippen molar-refractivity contribution in [2.75, 3.05) is 16.0 Å². The molecule has 0 radical (unpaired) electrons. The molecule has 0 fully saturated rings. The van der Waals surface area contributed by atoms with E-state index in [1.807, 2.05) is 37.3 Å². The van der Waals surface area contributed by atoms with Crippen molar-refractivity contribution < 1.29 is 9.59 Å². The molecule has 0 aliphatic heterocycles. The molecule has 0 unspecified atom stereocenters. The second-order valence-electron chi connectivity index (χ2n) is 5.55. The third-order valence-electron chi connectivity index (χ3n) is 3.52. The third kappa shape index (κ3) is 4.33. The van der Waals surface area contributed by atoms with Crippen molar-refractivity contribution >= 4 is 50.0 Å². The molecule has 6 nitrogen and oxygen atoms in total. The Morgan fingerprint density at radius 3 is 2.40 bits per heavy atom. The molecule has 0 aliphatic carbocycles. The molecule has 25 heavy (non-hydrogen) atoms. The number of benzene rings is 2. The number of rotatable bonds is 4. The smallest absolute Gasteiger partial charge is 0.308 e. The van der Waals surface area contributed by atoms with Crippen molar-refractivity contribution in [1.29, 1.82) is 0 Å². The van der Waals surface area contributed by atoms with E-state index < -0.39 is 0 Å². The predicted molar refractivity (Wildman–Crippen MR) is 102 cm³/mol. The number of carbonyl (C=O) groups excluding carboxylic acids is 2. The van der Waals surface area contributed by atoms with Crippen LogP contribution in [0.3, 0.4) is 0 Å². The van der Waals surface area contributed by atoms with Gasteiger partial charge in [0.1, 0.15) is 0 Å². The first-order valence-electron chi connectivity index (χ1n) is 7.88. The number of urea groups is 1. The topological polar surface area (TPSA) is 83.1 Å². The number of anilines is 3. The Balaban J connectivity index is 1.69. The molecule has 3 amide bonds. The number of amides is 3. The largest absolute Gasteiger partial charge is 0.323 e. The van der Waals surface area contributed by atoms with Gasteiger partial charge in [-0.3, -0.25) is 4.79 Å². The maximum atomic E-state index is 12.1. The monoisotopic (exact) mass is 354 g/mol. The van der Waals surface area contributed by atoms with E-state index in [1.54, 1.807) is 19.1 Å². The molecule has 3 rings (SSSR count). The lowest BCUT2D eigenvalue weighted by Gasteiger charge is -2.07. The number of thiazole rings is 1. The highest BCUT2D eigenvalue weighted by Crippen LogP contribution is 2.28. The summed E-state index contributed by atoms with van der Waals surface area (Å²) in [5.74, 6) is -0.0742. The molecule has 0 saturated heterocycles. The number of carbonyl (C=O) groups is 2. The summed E-state index contributed by atoms with van der Waals surface area (Å²) in [6.45, 7) is 3.78. The summed E-state index contributed by atoms with van der Waals surface area (Å²) >= 11 is 1.40. The first kappa shape index (κ1) is 16.9. The van der Waals surface area contributed by atoms with E-state index in [0.717, 1.165) is 21.5 Å². The Hall–Kier alpha value is -2.93. The Kier molecular flexibility index (Phi) is 4.95. The zero-order valence-corrected chi connectivity index (χ0v) is 14.7. The molecule has 1 heterocycles. The van der Waals surface area contributed by atoms with Crippen LogP contribution in [0.1, 0.15) is 18.9 Å². The molecule has 0 saturated carbocycles. The van der Waals surface area contributed by atoms with E-state index in [-0.39, 0.29) is 11.9 Å². The van der Waals surface area contributed by atoms with Gasteiger partial charge in [0.15, 0.2) is 5.13 Å². The highest BCUT2D eigenvalue weighted by atomic mass is 32.1. The van der Waals surface area contributed by atoms with Crippen LogP contribution in [-0.2, 0) is 4.79 Å². The van der Waals surface area contributed by atoms with Crippen molar-refractivity contribution in [2.45, 2.75) is 20.3 Å². The van der Waals surface area contributed by atoms with Crippen LogP contribution in [0.15, 0.2) is 42.5 Å². The number of nitrogens with one attached hydrogen (secondary N) is 3. The first-order chi connectivity index (χ1) is 12.0. The number of aromatic nitrogens is 1. The van der Waals surface area contributed by atoms with Crippen molar-refractivity contribution in [3.63, 3.8) is 0 Å². The summed E-state index contributed by atoms with van der Waals surface area (Å²) in [6.07, 6.45) is 0.405. The molecule has 128 valence electrons. The van der Waals surface area contributed by atoms with Crippen molar-refractivity contribution in [2.24, 2.45) is 0 Å². The SMILES string of the molecule is CCC(=O)Nc1nc2cc(NC(=O)Nc3ccc(C)cc3)ccc2s1. The Bertz CT molecular complexity index is 918. The van der Waals surface area contributed by atoms with E-state index in [0.29, 0.717) is 17.2 Å². The molecule has 3 N–H and O–H groups in total. The minimum absolute atomic E-state index is 0.0742. The summed E-state index contributed by atoms with van der Waals surface area (Å²) in [4.78, 5) is 27.9. The number of aryl methyl sites for hydroxylation is 1. The molecule has 0 bridgehead atoms. The highest BCUT2D eigenvalue weighted by molar-refractivity contribution is 7.22. The van der Waals surface area contributed by atoms with Crippen LogP contribution in [0.4, 0.5) is 21.3 Å². The normalized spacial score (nSPS) is 10.5. The Labute approximate surface area is 149 Å². The van der Waals surface area contributed by atoms with E-state index in [1.165, 1.54) is 11.3 Å². The second kappa shape index (κ2) is 7.31. The standard InChI is InChI=1S/C18H18N4O2S/c1-3-16(23)22-18-21-14-10-13(8-9-15(14)25-18)20-17(24)19-12-6-4-11(2)5-7-12/h4-10H,3H2,1-2H3,(H2,19,20,24)(H,21,22,23). The Morgan fingerprint density at radius 2 is 1.68 bits per heavy atom. The van der Waals surface area contributed by atoms with Crippen molar-refractivity contribution in [3.8, 4) is 0 Å². The van der Waals surface area contributed by atoms with Gasteiger partial charge in [-0.05, 0) is 37.3 Å². The van der Waals surface area contributed by atoms with Gasteiger partial charge < -0.3 is 16.0 Å². The average Bonchev–Trinajstić information content (AvgIpc) is 2.98. The molecule has 3 aromatic rings. The number of hydrogen-bond donors (Lipinski definition) is 3. The lowest BCUT2D eigenvalue weighted by Crippen LogP contribution is -2.19. The molecular weight excluding hydrogens is 336 g/mol. The van der Waals surface area contributed by atoms with Gasteiger partial charge in [0.2, 0.25) is 5.91 Å². The summed E-state index contributed by atoms with van der Waals surface area (Å²) in [7, 11) is 0. The van der Waals surface area contributed by atoms with Crippen LogP contribution < -0.4 is 16.0 Å². The maximum Gasteiger partial charge on any atom is 0.323 e. The van der Waals surface area contributed by atoms with E-state index in [2.05, 4.69) is 20.9 Å². The van der Waals surface area contributed by atoms with Crippen molar-refractivity contribution in [3.05, 3.63) is 48.0 Å². The first-order valence-corrected chi connectivity index (χ1v) is 8.70. The van der Waals surface area contributed by atoms with Gasteiger partial charge in [0, 0.05) is 17.8 Å². The van der Waals surface area contributed by atoms with Gasteiger partial charge in [-0.15, -0.1) is 0 Å². The summed E-state index contributed by atoms with van der Waals surface area (Å²) in [5.41, 5.74) is 3.22. The molecule has 0 spiro atoms. The van der Waals surface area contributed by atoms with Crippen LogP contribution in [0.2, 0.25) is 0 Å². The van der Waals surface area contributed by atoms with Crippen LogP contribution in [0.5, 0.6) is 0 Å². The van der Waals surface area contributed by atoms with Crippen LogP contribution >= 0.6 is 11.3 Å². The van der Waals surface area contributed by atoms with Crippen LogP contribution in [-0.4, -0.2) is 16.9 Å². The molecule has 0 aliphatic rings. The van der Waals surface area contributed by atoms with Gasteiger partial charge >= 0.3 is 6.03 Å². The lowest BCUT2D eigenvalue weighted by molar-refractivity contribution is -0.115. The zero-order valence-electron chi connectivity index (χ0n) is 13.9. The quantitative estimate of drug-likeness (QED) is 0.640. The van der Waals surface area contributed by atoms with Gasteiger partial charge in [-0.25, -0.2) is 9.78 Å². The fourth-order valence-electron chi connectivity index (χ4n) is 2.20. The average molecular weight is 354 g/mol. The highest BCUT2D eigenvalue weighted by Gasteiger charge is 2.08. The van der Waals surface area contributed by atoms with Gasteiger partial charge in [0.25, 0.3) is 0 Å². The molecular formula is C18H18N4O2S.